The quantitative estimate of drug-likeness (QED) is 0.0796. The molecule has 1 aliphatic rings. The zero-order valence-electron chi connectivity index (χ0n) is 31.7. The van der Waals surface area contributed by atoms with Gasteiger partial charge in [-0.3, -0.25) is 33.3 Å². The van der Waals surface area contributed by atoms with Gasteiger partial charge in [0, 0.05) is 19.5 Å². The zero-order chi connectivity index (χ0) is 41.8. The number of aliphatic carboxylic acids is 1. The van der Waals surface area contributed by atoms with Crippen molar-refractivity contribution in [1.29, 1.82) is 0 Å². The minimum absolute atomic E-state index is 0.0583. The molecule has 1 unspecified atom stereocenters. The Morgan fingerprint density at radius 2 is 1.57 bits per heavy atom. The van der Waals surface area contributed by atoms with Gasteiger partial charge in [-0.2, -0.15) is 8.42 Å². The Labute approximate surface area is 335 Å². The van der Waals surface area contributed by atoms with Crippen molar-refractivity contribution in [2.24, 2.45) is 0 Å². The van der Waals surface area contributed by atoms with Gasteiger partial charge in [-0.25, -0.2) is 0 Å². The van der Waals surface area contributed by atoms with E-state index in [1.165, 1.54) is 17.0 Å². The van der Waals surface area contributed by atoms with E-state index in [1.807, 2.05) is 18.2 Å². The maximum atomic E-state index is 14.0. The molecule has 1 saturated heterocycles. The SMILES string of the molecule is CCOc1ccc2ccccc2c1C(=O)NC(Cc1ccc(CS(=O)(=O)O)cc1)C(=O)NCC(=O)N1CCC[C@H]1C(=O)NCC(=O)NCc1cccc(CC(=O)O)c1. The summed E-state index contributed by atoms with van der Waals surface area (Å²) < 4.78 is 37.8. The maximum absolute atomic E-state index is 14.0. The highest BCUT2D eigenvalue weighted by Gasteiger charge is 2.35. The van der Waals surface area contributed by atoms with E-state index in [0.717, 1.165) is 5.39 Å². The summed E-state index contributed by atoms with van der Waals surface area (Å²) in [6, 6.07) is 21.4. The third-order valence-corrected chi connectivity index (χ3v) is 10.1. The first-order valence-electron chi connectivity index (χ1n) is 18.6. The molecule has 0 aromatic heterocycles. The van der Waals surface area contributed by atoms with Crippen molar-refractivity contribution in [1.82, 2.24) is 26.2 Å². The summed E-state index contributed by atoms with van der Waals surface area (Å²) in [4.78, 5) is 79.2. The van der Waals surface area contributed by atoms with Gasteiger partial charge < -0.3 is 36.0 Å². The second-order valence-electron chi connectivity index (χ2n) is 13.7. The molecule has 306 valence electrons. The van der Waals surface area contributed by atoms with Crippen molar-refractivity contribution in [3.8, 4) is 5.75 Å². The number of carbonyl (C=O) groups excluding carboxylic acids is 5. The minimum Gasteiger partial charge on any atom is -0.493 e. The number of likely N-dealkylation sites (tertiary alicyclic amines) is 1. The van der Waals surface area contributed by atoms with Crippen LogP contribution in [0.25, 0.3) is 10.8 Å². The maximum Gasteiger partial charge on any atom is 0.307 e. The largest absolute Gasteiger partial charge is 0.493 e. The molecule has 0 saturated carbocycles. The number of carboxylic acids is 1. The molecular formula is C41H45N5O11S. The first kappa shape index (κ1) is 42.8. The monoisotopic (exact) mass is 815 g/mol. The normalized spacial score (nSPS) is 14.3. The molecule has 5 rings (SSSR count). The second-order valence-corrected chi connectivity index (χ2v) is 15.2. The Morgan fingerprint density at radius 1 is 0.845 bits per heavy atom. The summed E-state index contributed by atoms with van der Waals surface area (Å²) in [6.07, 6.45) is 0.631. The Hall–Kier alpha value is -6.33. The van der Waals surface area contributed by atoms with E-state index in [1.54, 1.807) is 61.5 Å². The Morgan fingerprint density at radius 3 is 2.29 bits per heavy atom. The Bertz CT molecular complexity index is 2280. The van der Waals surface area contributed by atoms with Crippen molar-refractivity contribution in [2.75, 3.05) is 26.2 Å². The summed E-state index contributed by atoms with van der Waals surface area (Å²) in [7, 11) is -4.28. The van der Waals surface area contributed by atoms with E-state index < -0.39 is 70.0 Å². The van der Waals surface area contributed by atoms with Crippen LogP contribution >= 0.6 is 0 Å². The highest BCUT2D eigenvalue weighted by atomic mass is 32.2. The number of carbonyl (C=O) groups is 6. The smallest absolute Gasteiger partial charge is 0.307 e. The van der Waals surface area contributed by atoms with Gasteiger partial charge in [0.05, 0.1) is 31.7 Å². The molecule has 0 bridgehead atoms. The van der Waals surface area contributed by atoms with Crippen LogP contribution in [0.15, 0.2) is 84.9 Å². The molecule has 4 aromatic rings. The molecule has 0 radical (unpaired) electrons. The van der Waals surface area contributed by atoms with E-state index in [4.69, 9.17) is 9.84 Å². The molecule has 1 fully saturated rings. The second kappa shape index (κ2) is 19.7. The lowest BCUT2D eigenvalue weighted by Crippen LogP contribution is -2.53. The number of amides is 5. The summed E-state index contributed by atoms with van der Waals surface area (Å²) in [5.74, 6) is -4.17. The van der Waals surface area contributed by atoms with Crippen LogP contribution in [-0.2, 0) is 59.2 Å². The lowest BCUT2D eigenvalue weighted by atomic mass is 10.0. The fourth-order valence-corrected chi connectivity index (χ4v) is 7.33. The number of rotatable bonds is 18. The van der Waals surface area contributed by atoms with Gasteiger partial charge in [-0.15, -0.1) is 0 Å². The van der Waals surface area contributed by atoms with E-state index in [0.29, 0.717) is 46.2 Å². The van der Waals surface area contributed by atoms with Crippen molar-refractivity contribution < 1.29 is 51.6 Å². The van der Waals surface area contributed by atoms with Crippen LogP contribution in [0.2, 0.25) is 0 Å². The van der Waals surface area contributed by atoms with Crippen LogP contribution in [0.3, 0.4) is 0 Å². The molecule has 4 aromatic carbocycles. The first-order chi connectivity index (χ1) is 27.7. The number of ether oxygens (including phenoxy) is 1. The van der Waals surface area contributed by atoms with Crippen molar-refractivity contribution in [3.05, 3.63) is 113 Å². The highest BCUT2D eigenvalue weighted by molar-refractivity contribution is 7.85. The fraction of sp³-hybridized carbons (Fsp3) is 0.317. The number of nitrogens with one attached hydrogen (secondary N) is 4. The van der Waals surface area contributed by atoms with Crippen LogP contribution < -0.4 is 26.0 Å². The molecule has 1 aliphatic heterocycles. The third kappa shape index (κ3) is 12.1. The number of hydrogen-bond donors (Lipinski definition) is 6. The van der Waals surface area contributed by atoms with Gasteiger partial charge >= 0.3 is 5.97 Å². The molecule has 0 spiro atoms. The molecule has 17 heteroatoms. The molecule has 0 aliphatic carbocycles. The average molecular weight is 816 g/mol. The van der Waals surface area contributed by atoms with Crippen LogP contribution in [-0.4, -0.2) is 96.8 Å². The van der Waals surface area contributed by atoms with E-state index in [-0.39, 0.29) is 44.6 Å². The van der Waals surface area contributed by atoms with E-state index in [9.17, 15) is 41.7 Å². The molecular weight excluding hydrogens is 771 g/mol. The third-order valence-electron chi connectivity index (χ3n) is 9.40. The highest BCUT2D eigenvalue weighted by Crippen LogP contribution is 2.28. The number of nitrogens with zero attached hydrogens (tertiary/aromatic N) is 1. The predicted molar refractivity (Wildman–Crippen MR) is 212 cm³/mol. The molecule has 16 nitrogen and oxygen atoms in total. The Kier molecular flexibility index (Phi) is 14.5. The van der Waals surface area contributed by atoms with Gasteiger partial charge in [0.2, 0.25) is 23.6 Å². The van der Waals surface area contributed by atoms with Crippen molar-refractivity contribution in [2.45, 2.75) is 57.0 Å². The Balaban J connectivity index is 1.23. The van der Waals surface area contributed by atoms with E-state index >= 15 is 0 Å². The molecule has 1 heterocycles. The minimum atomic E-state index is -4.28. The van der Waals surface area contributed by atoms with Gasteiger partial charge in [0.25, 0.3) is 16.0 Å². The summed E-state index contributed by atoms with van der Waals surface area (Å²) >= 11 is 0. The van der Waals surface area contributed by atoms with Gasteiger partial charge in [-0.05, 0) is 58.9 Å². The van der Waals surface area contributed by atoms with Crippen LogP contribution in [0, 0.1) is 0 Å². The molecule has 58 heavy (non-hydrogen) atoms. The van der Waals surface area contributed by atoms with Gasteiger partial charge in [-0.1, -0.05) is 78.9 Å². The van der Waals surface area contributed by atoms with Gasteiger partial charge in [0.1, 0.15) is 23.6 Å². The molecule has 5 amide bonds. The first-order valence-corrected chi connectivity index (χ1v) is 20.2. The summed E-state index contributed by atoms with van der Waals surface area (Å²) in [5, 5.41) is 21.0. The van der Waals surface area contributed by atoms with Crippen LogP contribution in [0.4, 0.5) is 0 Å². The number of carboxylic acid groups (broad SMARTS) is 1. The average Bonchev–Trinajstić information content (AvgIpc) is 3.68. The van der Waals surface area contributed by atoms with Crippen LogP contribution in [0.1, 0.15) is 52.4 Å². The molecule has 6 N–H and O–H groups in total. The standard InChI is InChI=1S/C41H45N5O11S/c1-2-57-34-17-16-30-9-3-4-10-31(30)38(34)41(53)45-32(20-26-12-14-27(15-13-26)25-58(54,55)56)39(51)44-24-36(48)46-18-6-11-33(46)40(52)43-23-35(47)42-22-29-8-5-7-28(19-29)21-37(49)50/h3-5,7-10,12-17,19,32-33H,2,6,11,18,20-25H2,1H3,(H,42,47)(H,43,52)(H,44,51)(H,45,53)(H,49,50)(H,54,55,56)/t32?,33-/m0/s1. The van der Waals surface area contributed by atoms with Gasteiger partial charge in [0.15, 0.2) is 0 Å². The summed E-state index contributed by atoms with van der Waals surface area (Å²) in [5.41, 5.74) is 2.33. The lowest BCUT2D eigenvalue weighted by molar-refractivity contribution is -0.139. The lowest BCUT2D eigenvalue weighted by Gasteiger charge is -2.25. The van der Waals surface area contributed by atoms with Crippen molar-refractivity contribution in [3.63, 3.8) is 0 Å². The van der Waals surface area contributed by atoms with E-state index in [2.05, 4.69) is 21.3 Å². The number of hydrogen-bond acceptors (Lipinski definition) is 9. The topological polar surface area (TPSA) is 238 Å². The number of benzene rings is 4. The number of fused-ring (bicyclic) bond motifs is 1. The molecule has 2 atom stereocenters. The zero-order valence-corrected chi connectivity index (χ0v) is 32.5. The van der Waals surface area contributed by atoms with Crippen LogP contribution in [0.5, 0.6) is 5.75 Å². The van der Waals surface area contributed by atoms with Crippen molar-refractivity contribution >= 4 is 56.4 Å². The summed E-state index contributed by atoms with van der Waals surface area (Å²) in [6.45, 7) is 1.55. The fourth-order valence-electron chi connectivity index (χ4n) is 6.72. The predicted octanol–water partition coefficient (Wildman–Crippen LogP) is 2.13.